The van der Waals surface area contributed by atoms with Crippen molar-refractivity contribution in [1.29, 1.82) is 0 Å². The maximum Gasteiger partial charge on any atom is 0.261 e. The Morgan fingerprint density at radius 2 is 2.04 bits per heavy atom. The van der Waals surface area contributed by atoms with Crippen molar-refractivity contribution in [2.24, 2.45) is 0 Å². The highest BCUT2D eigenvalue weighted by Crippen LogP contribution is 2.22. The Labute approximate surface area is 140 Å². The first-order valence-corrected chi connectivity index (χ1v) is 8.84. The number of nitrogens with zero attached hydrogens (tertiary/aromatic N) is 1. The Morgan fingerprint density at radius 3 is 2.74 bits per heavy atom. The van der Waals surface area contributed by atoms with Gasteiger partial charge >= 0.3 is 0 Å². The van der Waals surface area contributed by atoms with Crippen LogP contribution in [0.2, 0.25) is 0 Å². The lowest BCUT2D eigenvalue weighted by molar-refractivity contribution is -0.128. The van der Waals surface area contributed by atoms with Gasteiger partial charge in [-0.05, 0) is 76.4 Å². The Bertz CT molecular complexity index is 510. The molecule has 23 heavy (non-hydrogen) atoms. The third-order valence-corrected chi connectivity index (χ3v) is 4.64. The average Bonchev–Trinajstić information content (AvgIpc) is 3.06. The van der Waals surface area contributed by atoms with Gasteiger partial charge < -0.3 is 15.0 Å². The van der Waals surface area contributed by atoms with Gasteiger partial charge in [-0.25, -0.2) is 0 Å². The summed E-state index contributed by atoms with van der Waals surface area (Å²) in [4.78, 5) is 14.8. The zero-order valence-corrected chi connectivity index (χ0v) is 14.7. The first-order chi connectivity index (χ1) is 11.1. The molecule has 0 aromatic heterocycles. The highest BCUT2D eigenvalue weighted by atomic mass is 16.5. The molecule has 1 aromatic carbocycles. The van der Waals surface area contributed by atoms with Gasteiger partial charge in [-0.1, -0.05) is 19.1 Å². The first kappa shape index (κ1) is 17.8. The minimum absolute atomic E-state index is 0.00479. The topological polar surface area (TPSA) is 41.6 Å². The highest BCUT2D eigenvalue weighted by Gasteiger charge is 2.19. The first-order valence-electron chi connectivity index (χ1n) is 8.84. The van der Waals surface area contributed by atoms with Crippen LogP contribution in [0.4, 0.5) is 0 Å². The lowest BCUT2D eigenvalue weighted by atomic mass is 10.1. The molecule has 1 atom stereocenters. The molecule has 0 spiro atoms. The number of likely N-dealkylation sites (tertiary alicyclic amines) is 1. The molecular formula is C19H30N2O2. The quantitative estimate of drug-likeness (QED) is 0.749. The van der Waals surface area contributed by atoms with E-state index in [4.69, 9.17) is 4.74 Å². The van der Waals surface area contributed by atoms with Crippen LogP contribution in [0.25, 0.3) is 0 Å². The summed E-state index contributed by atoms with van der Waals surface area (Å²) in [6.45, 7) is 10.3. The number of nitrogens with one attached hydrogen (secondary N) is 1. The predicted molar refractivity (Wildman–Crippen MR) is 93.9 cm³/mol. The second-order valence-electron chi connectivity index (χ2n) is 6.41. The van der Waals surface area contributed by atoms with Crippen LogP contribution in [-0.2, 0) is 4.79 Å². The number of carbonyl (C=O) groups excluding carboxylic acids is 1. The normalized spacial score (nSPS) is 16.3. The molecule has 1 fully saturated rings. The molecule has 1 aliphatic rings. The van der Waals surface area contributed by atoms with Gasteiger partial charge in [-0.15, -0.1) is 0 Å². The van der Waals surface area contributed by atoms with Gasteiger partial charge in [0.15, 0.2) is 6.10 Å². The van der Waals surface area contributed by atoms with Crippen molar-refractivity contribution in [3.63, 3.8) is 0 Å². The van der Waals surface area contributed by atoms with Crippen LogP contribution in [0.5, 0.6) is 5.75 Å². The number of carbonyl (C=O) groups is 1. The van der Waals surface area contributed by atoms with Gasteiger partial charge in [0.2, 0.25) is 0 Å². The Kier molecular flexibility index (Phi) is 6.90. The molecule has 1 amide bonds. The fourth-order valence-electron chi connectivity index (χ4n) is 2.96. The monoisotopic (exact) mass is 318 g/mol. The van der Waals surface area contributed by atoms with E-state index in [1.54, 1.807) is 0 Å². The second-order valence-corrected chi connectivity index (χ2v) is 6.41. The molecule has 0 bridgehead atoms. The van der Waals surface area contributed by atoms with Crippen LogP contribution in [-0.4, -0.2) is 43.1 Å². The summed E-state index contributed by atoms with van der Waals surface area (Å²) in [5.74, 6) is 0.805. The van der Waals surface area contributed by atoms with Gasteiger partial charge in [0.1, 0.15) is 5.75 Å². The zero-order valence-electron chi connectivity index (χ0n) is 14.7. The maximum absolute atomic E-state index is 12.3. The van der Waals surface area contributed by atoms with E-state index >= 15 is 0 Å². The fourth-order valence-corrected chi connectivity index (χ4v) is 2.96. The van der Waals surface area contributed by atoms with Gasteiger partial charge in [-0.2, -0.15) is 0 Å². The molecular weight excluding hydrogens is 288 g/mol. The van der Waals surface area contributed by atoms with Crippen molar-refractivity contribution < 1.29 is 9.53 Å². The van der Waals surface area contributed by atoms with E-state index in [0.717, 1.165) is 30.8 Å². The molecule has 128 valence electrons. The smallest absolute Gasteiger partial charge is 0.261 e. The Balaban J connectivity index is 1.77. The van der Waals surface area contributed by atoms with Crippen molar-refractivity contribution in [3.8, 4) is 5.75 Å². The van der Waals surface area contributed by atoms with E-state index in [1.165, 1.54) is 31.5 Å². The van der Waals surface area contributed by atoms with Crippen molar-refractivity contribution in [3.05, 3.63) is 29.3 Å². The second kappa shape index (κ2) is 8.92. The number of rotatable bonds is 8. The van der Waals surface area contributed by atoms with Crippen LogP contribution in [0.15, 0.2) is 18.2 Å². The predicted octanol–water partition coefficient (Wildman–Crippen LogP) is 3.06. The number of hydrogen-bond acceptors (Lipinski definition) is 3. The van der Waals surface area contributed by atoms with Crippen molar-refractivity contribution >= 4 is 5.91 Å². The van der Waals surface area contributed by atoms with Crippen molar-refractivity contribution in [1.82, 2.24) is 10.2 Å². The minimum atomic E-state index is -0.415. The van der Waals surface area contributed by atoms with Crippen LogP contribution in [0.3, 0.4) is 0 Å². The zero-order chi connectivity index (χ0) is 16.7. The van der Waals surface area contributed by atoms with Crippen LogP contribution >= 0.6 is 0 Å². The number of ether oxygens (including phenoxy) is 1. The highest BCUT2D eigenvalue weighted by molar-refractivity contribution is 5.81. The molecule has 1 aromatic rings. The van der Waals surface area contributed by atoms with Crippen molar-refractivity contribution in [2.45, 2.75) is 52.6 Å². The molecule has 1 heterocycles. The Morgan fingerprint density at radius 1 is 1.30 bits per heavy atom. The molecule has 0 unspecified atom stereocenters. The van der Waals surface area contributed by atoms with Gasteiger partial charge in [0.25, 0.3) is 5.91 Å². The molecule has 4 nitrogen and oxygen atoms in total. The molecule has 2 rings (SSSR count). The minimum Gasteiger partial charge on any atom is -0.480 e. The number of hydrogen-bond donors (Lipinski definition) is 1. The number of benzene rings is 1. The fraction of sp³-hybridized carbons (Fsp3) is 0.632. The molecule has 1 N–H and O–H groups in total. The average molecular weight is 318 g/mol. The molecule has 0 radical (unpaired) electrons. The summed E-state index contributed by atoms with van der Waals surface area (Å²) >= 11 is 0. The van der Waals surface area contributed by atoms with Gasteiger partial charge in [0.05, 0.1) is 0 Å². The maximum atomic E-state index is 12.3. The van der Waals surface area contributed by atoms with E-state index in [9.17, 15) is 4.79 Å². The molecule has 0 aliphatic carbocycles. The third kappa shape index (κ3) is 5.24. The van der Waals surface area contributed by atoms with Crippen LogP contribution < -0.4 is 10.1 Å². The largest absolute Gasteiger partial charge is 0.480 e. The Hall–Kier alpha value is -1.55. The summed E-state index contributed by atoms with van der Waals surface area (Å²) in [5.41, 5.74) is 2.29. The van der Waals surface area contributed by atoms with E-state index < -0.39 is 6.10 Å². The molecule has 0 saturated carbocycles. The summed E-state index contributed by atoms with van der Waals surface area (Å²) in [6.07, 6.45) is 3.89. The van der Waals surface area contributed by atoms with E-state index in [0.29, 0.717) is 6.42 Å². The number of aryl methyl sites for hydroxylation is 1. The molecule has 1 saturated heterocycles. The standard InChI is InChI=1S/C19H30N2O2/c1-4-17(23-18-10-7-9-15(2)16(18)3)19(22)20-11-8-14-21-12-5-6-13-21/h7,9-10,17H,4-6,8,11-14H2,1-3H3,(H,20,22)/t17-/m0/s1. The summed E-state index contributed by atoms with van der Waals surface area (Å²) in [6, 6.07) is 5.96. The van der Waals surface area contributed by atoms with E-state index in [1.807, 2.05) is 26.0 Å². The summed E-state index contributed by atoms with van der Waals surface area (Å²) in [7, 11) is 0. The van der Waals surface area contributed by atoms with Gasteiger partial charge in [-0.3, -0.25) is 4.79 Å². The SMILES string of the molecule is CC[C@H](Oc1cccc(C)c1C)C(=O)NCCCN1CCCC1. The van der Waals surface area contributed by atoms with Crippen LogP contribution in [0.1, 0.15) is 43.7 Å². The van der Waals surface area contributed by atoms with Crippen molar-refractivity contribution in [2.75, 3.05) is 26.2 Å². The van der Waals surface area contributed by atoms with Gasteiger partial charge in [0, 0.05) is 6.54 Å². The molecule has 1 aliphatic heterocycles. The molecule has 4 heteroatoms. The number of amides is 1. The lowest BCUT2D eigenvalue weighted by Crippen LogP contribution is -2.39. The summed E-state index contributed by atoms with van der Waals surface area (Å²) < 4.78 is 5.95. The van der Waals surface area contributed by atoms with Crippen LogP contribution in [0, 0.1) is 13.8 Å². The summed E-state index contributed by atoms with van der Waals surface area (Å²) in [5, 5.41) is 3.02. The third-order valence-electron chi connectivity index (χ3n) is 4.64. The van der Waals surface area contributed by atoms with E-state index in [-0.39, 0.29) is 5.91 Å². The lowest BCUT2D eigenvalue weighted by Gasteiger charge is -2.20. The van der Waals surface area contributed by atoms with E-state index in [2.05, 4.69) is 23.2 Å².